The van der Waals surface area contributed by atoms with Crippen molar-refractivity contribution in [3.8, 4) is 50.6 Å². The maximum atomic E-state index is 14.5. The van der Waals surface area contributed by atoms with Crippen molar-refractivity contribution in [2.24, 2.45) is 0 Å². The molecule has 0 atom stereocenters. The summed E-state index contributed by atoms with van der Waals surface area (Å²) >= 11 is 0. The van der Waals surface area contributed by atoms with Crippen LogP contribution in [0.4, 0.5) is 13.2 Å². The number of alkyl halides is 3. The maximum Gasteiger partial charge on any atom is 0.417 e. The van der Waals surface area contributed by atoms with Gasteiger partial charge >= 0.3 is 24.1 Å². The second-order valence-electron chi connectivity index (χ2n) is 10.7. The van der Waals surface area contributed by atoms with Crippen LogP contribution in [0.15, 0.2) is 121 Å². The lowest BCUT2D eigenvalue weighted by Crippen LogP contribution is -2.10. The molecule has 0 aliphatic carbocycles. The molecule has 0 heterocycles. The monoisotopic (exact) mass is 640 g/mol. The summed E-state index contributed by atoms with van der Waals surface area (Å²) in [5, 5.41) is 0. The van der Waals surface area contributed by atoms with Crippen molar-refractivity contribution < 1.29 is 41.8 Å². The van der Waals surface area contributed by atoms with Gasteiger partial charge in [0.1, 0.15) is 17.2 Å². The van der Waals surface area contributed by atoms with Gasteiger partial charge in [0.05, 0.1) is 5.56 Å². The Hall–Kier alpha value is -5.70. The van der Waals surface area contributed by atoms with Gasteiger partial charge in [-0.1, -0.05) is 67.8 Å². The number of hydrogen-bond acceptors (Lipinski definition) is 6. The number of esters is 3. The highest BCUT2D eigenvalue weighted by molar-refractivity contribution is 5.92. The number of carbonyl (C=O) groups is 3. The largest absolute Gasteiger partial charge is 0.423 e. The third-order valence-corrected chi connectivity index (χ3v) is 7.05. The predicted molar refractivity (Wildman–Crippen MR) is 174 cm³/mol. The van der Waals surface area contributed by atoms with Crippen molar-refractivity contribution >= 4 is 17.9 Å². The quantitative estimate of drug-likeness (QED) is 0.103. The first-order chi connectivity index (χ1) is 22.2. The smallest absolute Gasteiger partial charge is 0.417 e. The molecule has 4 aromatic rings. The summed E-state index contributed by atoms with van der Waals surface area (Å²) in [6.45, 7) is 13.3. The van der Waals surface area contributed by atoms with Crippen LogP contribution in [-0.2, 0) is 20.6 Å². The Kier molecular flexibility index (Phi) is 10.3. The van der Waals surface area contributed by atoms with Crippen LogP contribution in [0.25, 0.3) is 33.4 Å². The lowest BCUT2D eigenvalue weighted by molar-refractivity contribution is -0.137. The standard InChI is InChI=1S/C38H31F3O6/c1-7-24(6)37(44)47-34-21-27(25-8-14-29(15-9-25)45-35(42)22(2)3)12-19-32(34)28-13-18-31(33(20-28)38(39,40)41)26-10-16-30(17-11-26)46-36(43)23(4)5/h7-21H,2,4H2,1,3,5-6H3/b24-7+. The zero-order valence-corrected chi connectivity index (χ0v) is 26.2. The van der Waals surface area contributed by atoms with E-state index in [1.807, 2.05) is 0 Å². The first-order valence-electron chi connectivity index (χ1n) is 14.3. The molecule has 0 aliphatic heterocycles. The molecule has 240 valence electrons. The molecule has 0 saturated heterocycles. The number of halogens is 3. The van der Waals surface area contributed by atoms with E-state index in [9.17, 15) is 27.6 Å². The highest BCUT2D eigenvalue weighted by Crippen LogP contribution is 2.42. The fourth-order valence-corrected chi connectivity index (χ4v) is 4.33. The van der Waals surface area contributed by atoms with Gasteiger partial charge in [0.2, 0.25) is 0 Å². The number of ether oxygens (including phenoxy) is 3. The number of carbonyl (C=O) groups excluding carboxylic acids is 3. The predicted octanol–water partition coefficient (Wildman–Crippen LogP) is 9.54. The molecule has 4 aromatic carbocycles. The van der Waals surface area contributed by atoms with Gasteiger partial charge in [-0.05, 0) is 91.9 Å². The SMILES string of the molecule is C=C(C)C(=O)Oc1ccc(-c2ccc(-c3ccc(-c4ccc(OC(=O)C(=C)C)cc4)c(C(F)(F)F)c3)c(OC(=O)/C(C)=C/C)c2)cc1. The van der Waals surface area contributed by atoms with Gasteiger partial charge in [0.15, 0.2) is 0 Å². The first-order valence-corrected chi connectivity index (χ1v) is 14.3. The molecule has 0 fully saturated rings. The Balaban J connectivity index is 1.76. The molecule has 4 rings (SSSR count). The molecule has 0 N–H and O–H groups in total. The average Bonchev–Trinajstić information content (AvgIpc) is 3.04. The van der Waals surface area contributed by atoms with Gasteiger partial charge in [0.25, 0.3) is 0 Å². The van der Waals surface area contributed by atoms with Crippen LogP contribution in [0.1, 0.15) is 33.3 Å². The van der Waals surface area contributed by atoms with E-state index in [-0.39, 0.29) is 44.9 Å². The van der Waals surface area contributed by atoms with E-state index in [0.29, 0.717) is 22.4 Å². The van der Waals surface area contributed by atoms with Gasteiger partial charge in [0, 0.05) is 22.3 Å². The van der Waals surface area contributed by atoms with Crippen LogP contribution < -0.4 is 14.2 Å². The van der Waals surface area contributed by atoms with E-state index in [1.165, 1.54) is 50.2 Å². The minimum atomic E-state index is -4.73. The van der Waals surface area contributed by atoms with E-state index in [1.54, 1.807) is 62.4 Å². The van der Waals surface area contributed by atoms with Crippen molar-refractivity contribution in [1.82, 2.24) is 0 Å². The highest BCUT2D eigenvalue weighted by atomic mass is 19.4. The lowest BCUT2D eigenvalue weighted by atomic mass is 9.93. The summed E-state index contributed by atoms with van der Waals surface area (Å²) in [6, 6.07) is 20.9. The Morgan fingerprint density at radius 3 is 1.55 bits per heavy atom. The highest BCUT2D eigenvalue weighted by Gasteiger charge is 2.34. The van der Waals surface area contributed by atoms with E-state index in [2.05, 4.69) is 13.2 Å². The molecule has 47 heavy (non-hydrogen) atoms. The van der Waals surface area contributed by atoms with Crippen LogP contribution in [0.2, 0.25) is 0 Å². The first kappa shape index (κ1) is 34.2. The topological polar surface area (TPSA) is 78.9 Å². The minimum Gasteiger partial charge on any atom is -0.423 e. The summed E-state index contributed by atoms with van der Waals surface area (Å²) in [5.41, 5.74) is 1.70. The molecular weight excluding hydrogens is 609 g/mol. The van der Waals surface area contributed by atoms with Crippen LogP contribution in [0.3, 0.4) is 0 Å². The zero-order chi connectivity index (χ0) is 34.5. The van der Waals surface area contributed by atoms with Crippen LogP contribution in [-0.4, -0.2) is 17.9 Å². The fourth-order valence-electron chi connectivity index (χ4n) is 4.33. The molecular formula is C38H31F3O6. The van der Waals surface area contributed by atoms with Crippen molar-refractivity contribution in [2.75, 3.05) is 0 Å². The van der Waals surface area contributed by atoms with Crippen molar-refractivity contribution in [2.45, 2.75) is 33.9 Å². The third kappa shape index (κ3) is 8.32. The van der Waals surface area contributed by atoms with Gasteiger partial charge in [-0.2, -0.15) is 13.2 Å². The van der Waals surface area contributed by atoms with Crippen LogP contribution in [0, 0.1) is 0 Å². The molecule has 0 spiro atoms. The molecule has 0 aliphatic rings. The average molecular weight is 641 g/mol. The zero-order valence-electron chi connectivity index (χ0n) is 26.2. The normalized spacial score (nSPS) is 11.4. The molecule has 0 aromatic heterocycles. The summed E-state index contributed by atoms with van der Waals surface area (Å²) in [6.07, 6.45) is -3.16. The minimum absolute atomic E-state index is 0.0519. The Morgan fingerprint density at radius 1 is 0.596 bits per heavy atom. The molecule has 6 nitrogen and oxygen atoms in total. The van der Waals surface area contributed by atoms with Crippen LogP contribution in [0.5, 0.6) is 17.2 Å². The second-order valence-corrected chi connectivity index (χ2v) is 10.7. The Bertz CT molecular complexity index is 1900. The van der Waals surface area contributed by atoms with E-state index in [4.69, 9.17) is 14.2 Å². The van der Waals surface area contributed by atoms with E-state index in [0.717, 1.165) is 6.07 Å². The summed E-state index contributed by atoms with van der Waals surface area (Å²) in [7, 11) is 0. The van der Waals surface area contributed by atoms with Gasteiger partial charge < -0.3 is 14.2 Å². The van der Waals surface area contributed by atoms with Gasteiger partial charge in [-0.25, -0.2) is 14.4 Å². The second kappa shape index (κ2) is 14.2. The molecule has 0 bridgehead atoms. The molecule has 0 amide bonds. The van der Waals surface area contributed by atoms with Crippen LogP contribution >= 0.6 is 0 Å². The number of hydrogen-bond donors (Lipinski definition) is 0. The fraction of sp³-hybridized carbons (Fsp3) is 0.132. The number of allylic oxidation sites excluding steroid dienone is 1. The molecule has 9 heteroatoms. The Labute approximate surface area is 270 Å². The van der Waals surface area contributed by atoms with Gasteiger partial charge in [-0.15, -0.1) is 0 Å². The third-order valence-electron chi connectivity index (χ3n) is 7.05. The van der Waals surface area contributed by atoms with Gasteiger partial charge in [-0.3, -0.25) is 0 Å². The number of benzene rings is 4. The number of rotatable bonds is 9. The van der Waals surface area contributed by atoms with E-state index >= 15 is 0 Å². The molecule has 0 radical (unpaired) electrons. The molecule has 0 saturated carbocycles. The summed E-state index contributed by atoms with van der Waals surface area (Å²) in [4.78, 5) is 36.5. The van der Waals surface area contributed by atoms with E-state index < -0.39 is 29.6 Å². The lowest BCUT2D eigenvalue weighted by Gasteiger charge is -2.17. The maximum absolute atomic E-state index is 14.5. The Morgan fingerprint density at radius 2 is 1.06 bits per heavy atom. The summed E-state index contributed by atoms with van der Waals surface area (Å²) < 4.78 is 59.5. The molecule has 0 unspecified atom stereocenters. The van der Waals surface area contributed by atoms with Crippen molar-refractivity contribution in [3.63, 3.8) is 0 Å². The van der Waals surface area contributed by atoms with Crippen molar-refractivity contribution in [3.05, 3.63) is 126 Å². The summed E-state index contributed by atoms with van der Waals surface area (Å²) in [5.74, 6) is -1.36. The van der Waals surface area contributed by atoms with Crippen molar-refractivity contribution in [1.29, 1.82) is 0 Å².